The SMILES string of the molecule is CC(C)c1c[nH]c2c(F)cc(F)cc12.CC(C)c1cn(C)c2cc(C(F)(F)F)ccc12.CC(C)c1cn(C)c2ccc(CCC(=O)OC(C)(C)C)cc12.CC(C)n1nc(C(C)(F)F)c2c1CCC2(F)F.CC(C)n1nc(C(C)(F)F)c2c1CCC2O.Cc1cccc2c1c(C(C)C)cn2C. The molecule has 12 rings (SSSR count). The summed E-state index contributed by atoms with van der Waals surface area (Å²) in [5, 5.41) is 21.6. The number of rotatable bonds is 11. The number of ether oxygens (including phenoxy) is 1. The van der Waals surface area contributed by atoms with Gasteiger partial charge in [0.1, 0.15) is 28.6 Å². The average Bonchev–Trinajstić information content (AvgIpc) is 1.59. The monoisotopic (exact) mass is 1400 g/mol. The van der Waals surface area contributed by atoms with Crippen LogP contribution in [0.4, 0.5) is 48.3 Å². The van der Waals surface area contributed by atoms with Gasteiger partial charge in [-0.05, 0) is 175 Å². The van der Waals surface area contributed by atoms with E-state index in [1.54, 1.807) is 42.4 Å². The van der Waals surface area contributed by atoms with Gasteiger partial charge < -0.3 is 28.5 Å². The predicted octanol–water partition coefficient (Wildman–Crippen LogP) is 22.2. The Hall–Kier alpha value is -7.88. The Balaban J connectivity index is 0.000000170. The zero-order valence-corrected chi connectivity index (χ0v) is 61.5. The van der Waals surface area contributed by atoms with Crippen LogP contribution in [0.2, 0.25) is 0 Å². The van der Waals surface area contributed by atoms with E-state index >= 15 is 0 Å². The minimum Gasteiger partial charge on any atom is -0.460 e. The summed E-state index contributed by atoms with van der Waals surface area (Å²) in [7, 11) is 5.97. The summed E-state index contributed by atoms with van der Waals surface area (Å²) in [5.74, 6) is -9.07. The molecule has 0 radical (unpaired) electrons. The summed E-state index contributed by atoms with van der Waals surface area (Å²) in [5.41, 5.74) is 9.76. The van der Waals surface area contributed by atoms with Gasteiger partial charge in [-0.1, -0.05) is 79.7 Å². The number of fused-ring (bicyclic) bond motifs is 6. The number of H-pyrrole nitrogens is 1. The maximum atomic E-state index is 13.6. The molecule has 6 aromatic heterocycles. The van der Waals surface area contributed by atoms with E-state index in [-0.39, 0.29) is 41.8 Å². The minimum absolute atomic E-state index is 0.0372. The van der Waals surface area contributed by atoms with E-state index in [1.807, 2.05) is 68.5 Å². The van der Waals surface area contributed by atoms with E-state index in [4.69, 9.17) is 4.74 Å². The highest BCUT2D eigenvalue weighted by Gasteiger charge is 2.50. The number of nitrogens with one attached hydrogen (secondary N) is 1. The fourth-order valence-electron chi connectivity index (χ4n) is 13.0. The molecule has 546 valence electrons. The minimum atomic E-state index is -4.28. The van der Waals surface area contributed by atoms with Crippen molar-refractivity contribution in [2.75, 3.05) is 0 Å². The summed E-state index contributed by atoms with van der Waals surface area (Å²) in [6.45, 7) is 33.6. The van der Waals surface area contributed by atoms with Crippen LogP contribution in [0.1, 0.15) is 252 Å². The Bertz CT molecular complexity index is 4470. The molecule has 4 aromatic carbocycles. The van der Waals surface area contributed by atoms with Crippen molar-refractivity contribution in [2.45, 2.75) is 235 Å². The zero-order chi connectivity index (χ0) is 75.0. The smallest absolute Gasteiger partial charge is 0.416 e. The summed E-state index contributed by atoms with van der Waals surface area (Å²) in [4.78, 5) is 14.7. The van der Waals surface area contributed by atoms with E-state index in [0.717, 1.165) is 47.7 Å². The molecule has 100 heavy (non-hydrogen) atoms. The van der Waals surface area contributed by atoms with Crippen LogP contribution >= 0.6 is 0 Å². The van der Waals surface area contributed by atoms with Crippen molar-refractivity contribution >= 4 is 49.6 Å². The maximum absolute atomic E-state index is 13.6. The number of hydrogen-bond acceptors (Lipinski definition) is 5. The normalized spacial score (nSPS) is 14.5. The molecule has 6 heterocycles. The summed E-state index contributed by atoms with van der Waals surface area (Å²) in [6.07, 6.45) is 4.99. The van der Waals surface area contributed by atoms with Crippen molar-refractivity contribution in [3.8, 4) is 0 Å². The van der Waals surface area contributed by atoms with Gasteiger partial charge in [-0.2, -0.15) is 40.9 Å². The third-order valence-electron chi connectivity index (χ3n) is 17.8. The number of hydrogen-bond donors (Lipinski definition) is 2. The standard InChI is InChI=1S/C19H27NO2.C13H14F3N.C13H17N.C11H14F4N2.C11H16F2N2O.C11H11F2N/c1-13(2)16-12-20(6)17-9-7-14(11-15(16)17)8-10-18(21)22-19(3,4)5;1-8(2)11-7-17(3)12-6-9(13(14,15)16)4-5-10(11)12;1-9(2)11-8-14(4)12-7-5-6-10(3)13(11)12;1-6(2)17-7-4-5-11(14,15)8(7)9(16-17)10(3,12)13;1-6(2)15-7-4-5-8(16)9(7)10(14-15)11(3,12)13;1-6(2)9-5-14-11-8(9)3-7(12)4-10(11)13/h7,9,11-13H,8,10H2,1-6H3;4-8H,1-3H3;5-9H,1-4H3;6H,4-5H2,1-3H3;6,8,16H,4-5H2,1-3H3;3-6,14H,1-2H3. The lowest BCUT2D eigenvalue weighted by atomic mass is 9.99. The molecule has 0 saturated carbocycles. The lowest BCUT2D eigenvalue weighted by molar-refractivity contribution is -0.154. The number of nitrogens with zero attached hydrogens (tertiary/aromatic N) is 7. The van der Waals surface area contributed by atoms with E-state index in [9.17, 15) is 58.2 Å². The van der Waals surface area contributed by atoms with Crippen LogP contribution in [0.15, 0.2) is 91.5 Å². The number of aliphatic hydroxyl groups excluding tert-OH is 1. The number of halogens is 11. The van der Waals surface area contributed by atoms with Crippen LogP contribution in [0.5, 0.6) is 0 Å². The molecule has 2 aliphatic rings. The van der Waals surface area contributed by atoms with Gasteiger partial charge in [0.05, 0.1) is 22.7 Å². The van der Waals surface area contributed by atoms with Crippen LogP contribution < -0.4 is 0 Å². The highest BCUT2D eigenvalue weighted by molar-refractivity contribution is 5.88. The molecule has 10 aromatic rings. The van der Waals surface area contributed by atoms with Crippen molar-refractivity contribution in [1.29, 1.82) is 0 Å². The van der Waals surface area contributed by atoms with Gasteiger partial charge in [0, 0.05) is 146 Å². The number of aromatic nitrogens is 8. The molecule has 1 unspecified atom stereocenters. The second-order valence-electron chi connectivity index (χ2n) is 29.4. The van der Waals surface area contributed by atoms with Crippen molar-refractivity contribution in [1.82, 2.24) is 38.2 Å². The maximum Gasteiger partial charge on any atom is 0.416 e. The molecule has 1 atom stereocenters. The largest absolute Gasteiger partial charge is 0.460 e. The van der Waals surface area contributed by atoms with Crippen molar-refractivity contribution in [3.05, 3.63) is 176 Å². The van der Waals surface area contributed by atoms with Crippen LogP contribution in [-0.2, 0) is 73.9 Å². The predicted molar refractivity (Wildman–Crippen MR) is 377 cm³/mol. The van der Waals surface area contributed by atoms with Gasteiger partial charge in [-0.15, -0.1) is 0 Å². The van der Waals surface area contributed by atoms with E-state index in [0.29, 0.717) is 65.9 Å². The first-order valence-electron chi connectivity index (χ1n) is 34.2. The van der Waals surface area contributed by atoms with Crippen LogP contribution in [-0.4, -0.2) is 54.9 Å². The molecular formula is C78H99F11N8O3. The number of carbonyl (C=O) groups is 1. The molecule has 0 amide bonds. The van der Waals surface area contributed by atoms with Crippen molar-refractivity contribution in [3.63, 3.8) is 0 Å². The van der Waals surface area contributed by atoms with Crippen molar-refractivity contribution < 1.29 is 62.9 Å². The molecule has 0 spiro atoms. The molecule has 0 aliphatic heterocycles. The number of aliphatic hydroxyl groups is 1. The summed E-state index contributed by atoms with van der Waals surface area (Å²) in [6, 6.07) is 19.0. The number of benzene rings is 4. The average molecular weight is 1410 g/mol. The number of esters is 1. The molecular weight excluding hydrogens is 1310 g/mol. The van der Waals surface area contributed by atoms with Gasteiger partial charge in [0.2, 0.25) is 0 Å². The lowest BCUT2D eigenvalue weighted by Gasteiger charge is -2.19. The fraction of sp³-hybridized carbons (Fsp3) is 0.500. The van der Waals surface area contributed by atoms with Gasteiger partial charge in [0.15, 0.2) is 0 Å². The molecule has 2 aliphatic carbocycles. The Morgan fingerprint density at radius 1 is 0.630 bits per heavy atom. The third-order valence-corrected chi connectivity index (χ3v) is 17.8. The topological polar surface area (TPSA) is 113 Å². The zero-order valence-electron chi connectivity index (χ0n) is 61.5. The third kappa shape index (κ3) is 18.2. The van der Waals surface area contributed by atoms with Crippen LogP contribution in [0, 0.1) is 18.6 Å². The molecule has 22 heteroatoms. The highest BCUT2D eigenvalue weighted by Crippen LogP contribution is 2.48. The molecule has 0 bridgehead atoms. The Kier molecular flexibility index (Phi) is 24.4. The molecule has 2 N–H and O–H groups in total. The Labute approximate surface area is 580 Å². The summed E-state index contributed by atoms with van der Waals surface area (Å²) < 4.78 is 159. The second kappa shape index (κ2) is 30.8. The fourth-order valence-corrected chi connectivity index (χ4v) is 13.0. The van der Waals surface area contributed by atoms with E-state index < -0.39 is 70.5 Å². The van der Waals surface area contributed by atoms with Crippen molar-refractivity contribution in [2.24, 2.45) is 21.1 Å². The Morgan fingerprint density at radius 2 is 1.17 bits per heavy atom. The van der Waals surface area contributed by atoms with E-state index in [1.165, 1.54) is 60.9 Å². The molecule has 11 nitrogen and oxygen atoms in total. The number of carbonyl (C=O) groups excluding carboxylic acids is 1. The van der Waals surface area contributed by atoms with Gasteiger partial charge in [-0.25, -0.2) is 17.6 Å². The number of aromatic amines is 1. The van der Waals surface area contributed by atoms with Gasteiger partial charge >= 0.3 is 12.1 Å². The molecule has 0 fully saturated rings. The first-order chi connectivity index (χ1) is 46.1. The van der Waals surface area contributed by atoms with Crippen LogP contribution in [0.25, 0.3) is 43.6 Å². The molecule has 0 saturated heterocycles. The second-order valence-corrected chi connectivity index (χ2v) is 29.4. The summed E-state index contributed by atoms with van der Waals surface area (Å²) >= 11 is 0. The quantitative estimate of drug-likeness (QED) is 0.0989. The van der Waals surface area contributed by atoms with Gasteiger partial charge in [-0.3, -0.25) is 14.2 Å². The highest BCUT2D eigenvalue weighted by atomic mass is 19.4. The number of alkyl halides is 9. The first-order valence-corrected chi connectivity index (χ1v) is 34.2. The Morgan fingerprint density at radius 3 is 1.72 bits per heavy atom. The number of aryl methyl sites for hydroxylation is 5. The lowest BCUT2D eigenvalue weighted by Crippen LogP contribution is -2.24. The van der Waals surface area contributed by atoms with Gasteiger partial charge in [0.25, 0.3) is 17.8 Å². The van der Waals surface area contributed by atoms with Crippen LogP contribution in [0.3, 0.4) is 0 Å². The van der Waals surface area contributed by atoms with E-state index in [2.05, 4.69) is 122 Å². The first kappa shape index (κ1) is 79.4.